The van der Waals surface area contributed by atoms with Crippen LogP contribution in [0.3, 0.4) is 0 Å². The zero-order chi connectivity index (χ0) is 17.1. The first kappa shape index (κ1) is 17.0. The van der Waals surface area contributed by atoms with Gasteiger partial charge >= 0.3 is 0 Å². The highest BCUT2D eigenvalue weighted by molar-refractivity contribution is 9.10. The number of carbonyl (C=O) groups excluding carboxylic acids is 1. The summed E-state index contributed by atoms with van der Waals surface area (Å²) in [6, 6.07) is 13.7. The quantitative estimate of drug-likeness (QED) is 0.778. The molecule has 1 fully saturated rings. The summed E-state index contributed by atoms with van der Waals surface area (Å²) in [5.74, 6) is -0.164. The lowest BCUT2D eigenvalue weighted by molar-refractivity contribution is 0.0435. The predicted octanol–water partition coefficient (Wildman–Crippen LogP) is 3.99. The first-order chi connectivity index (χ1) is 11.5. The molecule has 0 bridgehead atoms. The Hall–Kier alpha value is -1.85. The highest BCUT2D eigenvalue weighted by Crippen LogP contribution is 2.32. The van der Waals surface area contributed by atoms with Crippen molar-refractivity contribution in [2.75, 3.05) is 12.3 Å². The number of hydrogen-bond acceptors (Lipinski definition) is 3. The molecule has 0 aromatic heterocycles. The zero-order valence-corrected chi connectivity index (χ0v) is 15.2. The Bertz CT molecular complexity index is 748. The molecule has 0 spiro atoms. The van der Waals surface area contributed by atoms with Crippen molar-refractivity contribution in [1.82, 2.24) is 5.32 Å². The van der Waals surface area contributed by atoms with Crippen LogP contribution < -0.4 is 11.1 Å². The summed E-state index contributed by atoms with van der Waals surface area (Å²) in [5.41, 5.74) is 9.30. The molecule has 4 nitrogen and oxygen atoms in total. The molecule has 2 atom stereocenters. The molecule has 3 rings (SSSR count). The molecular weight excluding hydrogens is 368 g/mol. The molecule has 24 heavy (non-hydrogen) atoms. The van der Waals surface area contributed by atoms with E-state index in [0.717, 1.165) is 17.3 Å². The highest BCUT2D eigenvalue weighted by atomic mass is 79.9. The number of aryl methyl sites for hydroxylation is 1. The standard InChI is InChI=1S/C19H21BrN2O2/c1-12-3-2-4-13(9-12)18-8-6-15(24-18)11-22-19(23)16-7-5-14(20)10-17(16)21/h2-5,7,9-10,15,18H,6,8,11,21H2,1H3,(H,22,23). The minimum Gasteiger partial charge on any atom is -0.398 e. The lowest BCUT2D eigenvalue weighted by Crippen LogP contribution is -2.32. The van der Waals surface area contributed by atoms with E-state index in [1.807, 2.05) is 6.07 Å². The fourth-order valence-electron chi connectivity index (χ4n) is 3.01. The lowest BCUT2D eigenvalue weighted by Gasteiger charge is -2.15. The van der Waals surface area contributed by atoms with Crippen molar-refractivity contribution in [2.45, 2.75) is 32.0 Å². The third-order valence-corrected chi connectivity index (χ3v) is 4.76. The van der Waals surface area contributed by atoms with Crippen LogP contribution in [0.1, 0.15) is 40.4 Å². The van der Waals surface area contributed by atoms with E-state index in [4.69, 9.17) is 10.5 Å². The molecule has 1 heterocycles. The largest absolute Gasteiger partial charge is 0.398 e. The Kier molecular flexibility index (Phi) is 5.21. The molecule has 2 unspecified atom stereocenters. The average Bonchev–Trinajstić information content (AvgIpc) is 3.01. The Labute approximate surface area is 150 Å². The van der Waals surface area contributed by atoms with E-state index < -0.39 is 0 Å². The van der Waals surface area contributed by atoms with Crippen molar-refractivity contribution in [2.24, 2.45) is 0 Å². The van der Waals surface area contributed by atoms with Crippen LogP contribution in [0.15, 0.2) is 46.9 Å². The number of rotatable bonds is 4. The van der Waals surface area contributed by atoms with Gasteiger partial charge in [-0.25, -0.2) is 0 Å². The monoisotopic (exact) mass is 388 g/mol. The van der Waals surface area contributed by atoms with Gasteiger partial charge in [0.1, 0.15) is 0 Å². The number of anilines is 1. The molecule has 0 radical (unpaired) electrons. The van der Waals surface area contributed by atoms with Crippen LogP contribution in [-0.2, 0) is 4.74 Å². The average molecular weight is 389 g/mol. The Balaban J connectivity index is 1.55. The van der Waals surface area contributed by atoms with Crippen LogP contribution in [0.2, 0.25) is 0 Å². The van der Waals surface area contributed by atoms with Crippen LogP contribution in [0.5, 0.6) is 0 Å². The molecule has 126 valence electrons. The number of nitrogens with two attached hydrogens (primary N) is 1. The molecule has 1 saturated heterocycles. The molecule has 0 saturated carbocycles. The van der Waals surface area contributed by atoms with Crippen LogP contribution in [0.4, 0.5) is 5.69 Å². The number of carbonyl (C=O) groups is 1. The van der Waals surface area contributed by atoms with E-state index in [1.54, 1.807) is 12.1 Å². The van der Waals surface area contributed by atoms with Crippen LogP contribution in [0, 0.1) is 6.92 Å². The molecule has 0 aliphatic carbocycles. The van der Waals surface area contributed by atoms with Gasteiger partial charge in [0.05, 0.1) is 17.8 Å². The van der Waals surface area contributed by atoms with Crippen molar-refractivity contribution in [3.63, 3.8) is 0 Å². The summed E-state index contributed by atoms with van der Waals surface area (Å²) >= 11 is 3.34. The van der Waals surface area contributed by atoms with Crippen LogP contribution in [-0.4, -0.2) is 18.6 Å². The Morgan fingerprint density at radius 3 is 2.88 bits per heavy atom. The van der Waals surface area contributed by atoms with E-state index in [9.17, 15) is 4.79 Å². The van der Waals surface area contributed by atoms with E-state index in [0.29, 0.717) is 17.8 Å². The number of amides is 1. The van der Waals surface area contributed by atoms with Gasteiger partial charge in [0, 0.05) is 16.7 Å². The first-order valence-electron chi connectivity index (χ1n) is 8.08. The van der Waals surface area contributed by atoms with E-state index in [1.165, 1.54) is 11.1 Å². The molecule has 2 aromatic carbocycles. The minimum atomic E-state index is -0.164. The van der Waals surface area contributed by atoms with Crippen LogP contribution >= 0.6 is 15.9 Å². The van der Waals surface area contributed by atoms with Crippen LogP contribution in [0.25, 0.3) is 0 Å². The molecule has 1 aliphatic heterocycles. The fourth-order valence-corrected chi connectivity index (χ4v) is 3.39. The lowest BCUT2D eigenvalue weighted by atomic mass is 10.0. The Morgan fingerprint density at radius 2 is 2.12 bits per heavy atom. The summed E-state index contributed by atoms with van der Waals surface area (Å²) in [6.45, 7) is 2.58. The van der Waals surface area contributed by atoms with Crippen molar-refractivity contribution in [1.29, 1.82) is 0 Å². The van der Waals surface area contributed by atoms with E-state index in [2.05, 4.69) is 52.4 Å². The van der Waals surface area contributed by atoms with Gasteiger partial charge in [-0.1, -0.05) is 45.8 Å². The molecule has 3 N–H and O–H groups in total. The van der Waals surface area contributed by atoms with Gasteiger partial charge in [-0.15, -0.1) is 0 Å². The second-order valence-electron chi connectivity index (χ2n) is 6.18. The van der Waals surface area contributed by atoms with Gasteiger partial charge in [0.25, 0.3) is 5.91 Å². The third-order valence-electron chi connectivity index (χ3n) is 4.27. The second-order valence-corrected chi connectivity index (χ2v) is 7.10. The summed E-state index contributed by atoms with van der Waals surface area (Å²) in [7, 11) is 0. The maximum absolute atomic E-state index is 12.3. The normalized spacial score (nSPS) is 20.1. The van der Waals surface area contributed by atoms with Gasteiger partial charge in [0.2, 0.25) is 0 Å². The number of hydrogen-bond donors (Lipinski definition) is 2. The van der Waals surface area contributed by atoms with Gasteiger partial charge < -0.3 is 15.8 Å². The molecule has 1 amide bonds. The predicted molar refractivity (Wildman–Crippen MR) is 98.9 cm³/mol. The second kappa shape index (κ2) is 7.36. The van der Waals surface area contributed by atoms with Crippen molar-refractivity contribution in [3.05, 3.63) is 63.6 Å². The molecule has 5 heteroatoms. The topological polar surface area (TPSA) is 64.4 Å². The first-order valence-corrected chi connectivity index (χ1v) is 8.87. The Morgan fingerprint density at radius 1 is 1.29 bits per heavy atom. The molecule has 2 aromatic rings. The highest BCUT2D eigenvalue weighted by Gasteiger charge is 2.27. The maximum atomic E-state index is 12.3. The zero-order valence-electron chi connectivity index (χ0n) is 13.6. The smallest absolute Gasteiger partial charge is 0.253 e. The van der Waals surface area contributed by atoms with Gasteiger partial charge in [-0.05, 0) is 43.5 Å². The number of ether oxygens (including phenoxy) is 1. The number of benzene rings is 2. The minimum absolute atomic E-state index is 0.0381. The summed E-state index contributed by atoms with van der Waals surface area (Å²) in [5, 5.41) is 2.93. The van der Waals surface area contributed by atoms with Gasteiger partial charge in [-0.3, -0.25) is 4.79 Å². The number of nitrogens with one attached hydrogen (secondary N) is 1. The number of halogens is 1. The number of nitrogen functional groups attached to an aromatic ring is 1. The summed E-state index contributed by atoms with van der Waals surface area (Å²) in [4.78, 5) is 12.3. The van der Waals surface area contributed by atoms with Gasteiger partial charge in [-0.2, -0.15) is 0 Å². The van der Waals surface area contributed by atoms with Crippen molar-refractivity contribution in [3.8, 4) is 0 Å². The molecular formula is C19H21BrN2O2. The van der Waals surface area contributed by atoms with E-state index in [-0.39, 0.29) is 18.1 Å². The SMILES string of the molecule is Cc1cccc(C2CCC(CNC(=O)c3ccc(Br)cc3N)O2)c1. The van der Waals surface area contributed by atoms with Crippen molar-refractivity contribution >= 4 is 27.5 Å². The van der Waals surface area contributed by atoms with E-state index >= 15 is 0 Å². The third kappa shape index (κ3) is 3.97. The summed E-state index contributed by atoms with van der Waals surface area (Å²) in [6.07, 6.45) is 2.07. The maximum Gasteiger partial charge on any atom is 0.253 e. The summed E-state index contributed by atoms with van der Waals surface area (Å²) < 4.78 is 6.94. The fraction of sp³-hybridized carbons (Fsp3) is 0.316. The van der Waals surface area contributed by atoms with Crippen molar-refractivity contribution < 1.29 is 9.53 Å². The molecule has 1 aliphatic rings. The van der Waals surface area contributed by atoms with Gasteiger partial charge in [0.15, 0.2) is 0 Å².